The normalized spacial score (nSPS) is 15.3. The molecule has 0 atom stereocenters. The van der Waals surface area contributed by atoms with Gasteiger partial charge >= 0.3 is 5.97 Å². The predicted octanol–water partition coefficient (Wildman–Crippen LogP) is 4.26. The van der Waals surface area contributed by atoms with Crippen molar-refractivity contribution in [3.8, 4) is 5.69 Å². The maximum atomic E-state index is 12.7. The van der Waals surface area contributed by atoms with Crippen LogP contribution in [0.15, 0.2) is 29.2 Å². The van der Waals surface area contributed by atoms with Crippen molar-refractivity contribution in [2.75, 3.05) is 27.4 Å². The molecule has 0 saturated carbocycles. The summed E-state index contributed by atoms with van der Waals surface area (Å²) in [6.07, 6.45) is 2.38. The first-order chi connectivity index (χ1) is 14.8. The Morgan fingerprint density at radius 2 is 1.87 bits per heavy atom. The maximum absolute atomic E-state index is 12.7. The number of methoxy groups -OCH3 is 2. The molecule has 1 aliphatic rings. The first-order valence-corrected chi connectivity index (χ1v) is 10.7. The van der Waals surface area contributed by atoms with Gasteiger partial charge in [-0.2, -0.15) is 0 Å². The van der Waals surface area contributed by atoms with Crippen molar-refractivity contribution in [1.82, 2.24) is 9.47 Å². The standard InChI is InChI=1S/C23H26N2O5S/c1-14-11-17(22(27)30-5)7-8-19(14)25-15(2)12-18(16(25)3)13-20-21(26)24(23(28)31-20)9-6-10-29-4/h7-8,11-13H,6,9-10H2,1-5H3/b20-13+. The van der Waals surface area contributed by atoms with E-state index < -0.39 is 0 Å². The number of rotatable bonds is 7. The van der Waals surface area contributed by atoms with E-state index in [2.05, 4.69) is 4.57 Å². The third-order valence-electron chi connectivity index (χ3n) is 5.22. The van der Waals surface area contributed by atoms with E-state index in [-0.39, 0.29) is 17.1 Å². The predicted molar refractivity (Wildman–Crippen MR) is 120 cm³/mol. The minimum Gasteiger partial charge on any atom is -0.465 e. The van der Waals surface area contributed by atoms with Crippen LogP contribution >= 0.6 is 11.8 Å². The monoisotopic (exact) mass is 442 g/mol. The second-order valence-corrected chi connectivity index (χ2v) is 8.33. The van der Waals surface area contributed by atoms with Crippen molar-refractivity contribution in [2.45, 2.75) is 27.2 Å². The highest BCUT2D eigenvalue weighted by molar-refractivity contribution is 8.18. The van der Waals surface area contributed by atoms with E-state index in [1.807, 2.05) is 32.9 Å². The number of benzene rings is 1. The maximum Gasteiger partial charge on any atom is 0.337 e. The molecule has 0 N–H and O–H groups in total. The molecular weight excluding hydrogens is 416 g/mol. The summed E-state index contributed by atoms with van der Waals surface area (Å²) in [4.78, 5) is 38.4. The summed E-state index contributed by atoms with van der Waals surface area (Å²) in [5.74, 6) is -0.646. The van der Waals surface area contributed by atoms with Crippen LogP contribution in [0.5, 0.6) is 0 Å². The van der Waals surface area contributed by atoms with Gasteiger partial charge < -0.3 is 14.0 Å². The largest absolute Gasteiger partial charge is 0.465 e. The number of aryl methyl sites for hydroxylation is 2. The molecular formula is C23H26N2O5S. The first-order valence-electron chi connectivity index (χ1n) is 9.91. The lowest BCUT2D eigenvalue weighted by Crippen LogP contribution is -2.29. The minimum atomic E-state index is -0.377. The Balaban J connectivity index is 1.91. The van der Waals surface area contributed by atoms with Crippen LogP contribution < -0.4 is 0 Å². The van der Waals surface area contributed by atoms with Gasteiger partial charge in [-0.25, -0.2) is 4.79 Å². The van der Waals surface area contributed by atoms with Crippen molar-refractivity contribution >= 4 is 35.0 Å². The van der Waals surface area contributed by atoms with Gasteiger partial charge in [0.2, 0.25) is 0 Å². The van der Waals surface area contributed by atoms with E-state index in [9.17, 15) is 14.4 Å². The first kappa shape index (κ1) is 22.8. The zero-order chi connectivity index (χ0) is 22.7. The molecule has 0 aliphatic carbocycles. The van der Waals surface area contributed by atoms with Gasteiger partial charge in [-0.05, 0) is 80.4 Å². The fourth-order valence-electron chi connectivity index (χ4n) is 3.66. The zero-order valence-electron chi connectivity index (χ0n) is 18.4. The fraction of sp³-hybridized carbons (Fsp3) is 0.348. The van der Waals surface area contributed by atoms with E-state index >= 15 is 0 Å². The van der Waals surface area contributed by atoms with E-state index in [4.69, 9.17) is 9.47 Å². The molecule has 3 rings (SSSR count). The van der Waals surface area contributed by atoms with Gasteiger partial charge in [0, 0.05) is 37.3 Å². The van der Waals surface area contributed by atoms with Gasteiger partial charge in [-0.3, -0.25) is 14.5 Å². The minimum absolute atomic E-state index is 0.254. The van der Waals surface area contributed by atoms with Gasteiger partial charge in [-0.1, -0.05) is 0 Å². The highest BCUT2D eigenvalue weighted by Crippen LogP contribution is 2.34. The molecule has 0 spiro atoms. The van der Waals surface area contributed by atoms with Crippen molar-refractivity contribution in [3.05, 3.63) is 57.2 Å². The lowest BCUT2D eigenvalue weighted by Gasteiger charge is -2.14. The summed E-state index contributed by atoms with van der Waals surface area (Å²) < 4.78 is 11.9. The van der Waals surface area contributed by atoms with Crippen LogP contribution in [-0.2, 0) is 14.3 Å². The van der Waals surface area contributed by atoms with E-state index in [1.54, 1.807) is 25.3 Å². The zero-order valence-corrected chi connectivity index (χ0v) is 19.2. The van der Waals surface area contributed by atoms with Crippen LogP contribution in [0, 0.1) is 20.8 Å². The Hall–Kier alpha value is -2.84. The Kier molecular flexibility index (Phi) is 7.02. The van der Waals surface area contributed by atoms with Crippen molar-refractivity contribution in [1.29, 1.82) is 0 Å². The van der Waals surface area contributed by atoms with Gasteiger partial charge in [0.15, 0.2) is 0 Å². The summed E-state index contributed by atoms with van der Waals surface area (Å²) in [6.45, 7) is 6.73. The number of amides is 2. The lowest BCUT2D eigenvalue weighted by atomic mass is 10.1. The van der Waals surface area contributed by atoms with Crippen molar-refractivity contribution in [2.24, 2.45) is 0 Å². The van der Waals surface area contributed by atoms with Crippen molar-refractivity contribution in [3.63, 3.8) is 0 Å². The second kappa shape index (κ2) is 9.53. The van der Waals surface area contributed by atoms with Crippen LogP contribution in [0.4, 0.5) is 4.79 Å². The molecule has 164 valence electrons. The molecule has 2 aromatic rings. The van der Waals surface area contributed by atoms with Gasteiger partial charge in [-0.15, -0.1) is 0 Å². The SMILES string of the molecule is COCCCN1C(=O)S/C(=C/c2cc(C)n(-c3ccc(C(=O)OC)cc3C)c2C)C1=O. The Morgan fingerprint density at radius 1 is 1.13 bits per heavy atom. The molecule has 2 amide bonds. The average Bonchev–Trinajstić information content (AvgIpc) is 3.17. The van der Waals surface area contributed by atoms with Crippen molar-refractivity contribution < 1.29 is 23.9 Å². The number of imide groups is 1. The molecule has 2 heterocycles. The van der Waals surface area contributed by atoms with Crippen LogP contribution in [-0.4, -0.2) is 54.0 Å². The number of carbonyl (C=O) groups is 3. The molecule has 0 unspecified atom stereocenters. The fourth-order valence-corrected chi connectivity index (χ4v) is 4.51. The molecule has 1 aliphatic heterocycles. The van der Waals surface area contributed by atoms with E-state index in [0.717, 1.165) is 40.0 Å². The smallest absolute Gasteiger partial charge is 0.337 e. The molecule has 1 saturated heterocycles. The summed E-state index contributed by atoms with van der Waals surface area (Å²) in [7, 11) is 2.95. The molecule has 7 nitrogen and oxygen atoms in total. The molecule has 1 aromatic heterocycles. The Labute approximate surface area is 186 Å². The van der Waals surface area contributed by atoms with Gasteiger partial charge in [0.1, 0.15) is 0 Å². The topological polar surface area (TPSA) is 77.8 Å². The van der Waals surface area contributed by atoms with Crippen LogP contribution in [0.1, 0.15) is 39.3 Å². The third kappa shape index (κ3) is 4.60. The van der Waals surface area contributed by atoms with E-state index in [1.165, 1.54) is 12.0 Å². The third-order valence-corrected chi connectivity index (χ3v) is 6.13. The number of thioether (sulfide) groups is 1. The van der Waals surface area contributed by atoms with Gasteiger partial charge in [0.05, 0.1) is 17.6 Å². The number of carbonyl (C=O) groups excluding carboxylic acids is 3. The highest BCUT2D eigenvalue weighted by Gasteiger charge is 2.34. The molecule has 1 fully saturated rings. The summed E-state index contributed by atoms with van der Waals surface area (Å²) >= 11 is 0.962. The average molecular weight is 443 g/mol. The molecule has 0 bridgehead atoms. The summed E-state index contributed by atoms with van der Waals surface area (Å²) in [5, 5.41) is -0.254. The highest BCUT2D eigenvalue weighted by atomic mass is 32.2. The number of aromatic nitrogens is 1. The second-order valence-electron chi connectivity index (χ2n) is 7.33. The van der Waals surface area contributed by atoms with Crippen LogP contribution in [0.25, 0.3) is 11.8 Å². The van der Waals surface area contributed by atoms with Crippen LogP contribution in [0.3, 0.4) is 0 Å². The number of hydrogen-bond donors (Lipinski definition) is 0. The lowest BCUT2D eigenvalue weighted by molar-refractivity contribution is -0.122. The Morgan fingerprint density at radius 3 is 2.52 bits per heavy atom. The molecule has 1 aromatic carbocycles. The van der Waals surface area contributed by atoms with Gasteiger partial charge in [0.25, 0.3) is 11.1 Å². The number of hydrogen-bond acceptors (Lipinski definition) is 6. The summed E-state index contributed by atoms with van der Waals surface area (Å²) in [5.41, 5.74) is 5.16. The molecule has 8 heteroatoms. The van der Waals surface area contributed by atoms with E-state index in [0.29, 0.717) is 30.0 Å². The number of nitrogens with zero attached hydrogens (tertiary/aromatic N) is 2. The number of esters is 1. The number of ether oxygens (including phenoxy) is 2. The summed E-state index contributed by atoms with van der Waals surface area (Å²) in [6, 6.07) is 7.40. The molecule has 0 radical (unpaired) electrons. The molecule has 31 heavy (non-hydrogen) atoms. The van der Waals surface area contributed by atoms with Crippen LogP contribution in [0.2, 0.25) is 0 Å². The Bertz CT molecular complexity index is 1070. The quantitative estimate of drug-likeness (QED) is 0.362.